The van der Waals surface area contributed by atoms with E-state index in [4.69, 9.17) is 10.2 Å². The maximum atomic E-state index is 5.58. The van der Waals surface area contributed by atoms with Gasteiger partial charge in [-0.15, -0.1) is 0 Å². The number of nitrogen functional groups attached to an aromatic ring is 1. The topological polar surface area (TPSA) is 64.1 Å². The molecule has 0 fully saturated rings. The lowest BCUT2D eigenvalue weighted by molar-refractivity contribution is 0.495. The molecular formula is C13H17N3O. The van der Waals surface area contributed by atoms with Crippen molar-refractivity contribution in [2.45, 2.75) is 25.8 Å². The Balaban J connectivity index is 1.80. The summed E-state index contributed by atoms with van der Waals surface area (Å²) in [4.78, 5) is 4.20. The zero-order valence-corrected chi connectivity index (χ0v) is 9.89. The third-order valence-electron chi connectivity index (χ3n) is 2.58. The Morgan fingerprint density at radius 1 is 1.41 bits per heavy atom. The van der Waals surface area contributed by atoms with Crippen LogP contribution >= 0.6 is 0 Å². The lowest BCUT2D eigenvalue weighted by atomic mass is 10.1. The minimum absolute atomic E-state index is 0.344. The van der Waals surface area contributed by atoms with Crippen molar-refractivity contribution >= 4 is 11.5 Å². The summed E-state index contributed by atoms with van der Waals surface area (Å²) in [5, 5.41) is 3.32. The molecule has 3 N–H and O–H groups in total. The van der Waals surface area contributed by atoms with Gasteiger partial charge in [-0.25, -0.2) is 4.98 Å². The second-order valence-electron chi connectivity index (χ2n) is 4.14. The second-order valence-corrected chi connectivity index (χ2v) is 4.14. The molecule has 0 radical (unpaired) electrons. The standard InChI is InChI=1S/C13H17N3O/c1-10(4-6-12-3-2-8-17-12)16-13-7-5-11(14)9-15-13/h2-3,5,7-10H,4,6,14H2,1H3,(H,15,16). The Bertz CT molecular complexity index is 436. The lowest BCUT2D eigenvalue weighted by Crippen LogP contribution is -2.16. The molecule has 0 spiro atoms. The summed E-state index contributed by atoms with van der Waals surface area (Å²) in [6, 6.07) is 7.98. The van der Waals surface area contributed by atoms with Crippen LogP contribution in [0.3, 0.4) is 0 Å². The van der Waals surface area contributed by atoms with Crippen molar-refractivity contribution < 1.29 is 4.42 Å². The van der Waals surface area contributed by atoms with E-state index in [9.17, 15) is 0 Å². The first-order valence-electron chi connectivity index (χ1n) is 5.74. The number of aromatic nitrogens is 1. The zero-order chi connectivity index (χ0) is 12.1. The van der Waals surface area contributed by atoms with Crippen molar-refractivity contribution in [3.8, 4) is 0 Å². The predicted octanol–water partition coefficient (Wildman–Crippen LogP) is 2.69. The molecule has 1 unspecified atom stereocenters. The molecule has 0 saturated carbocycles. The number of nitrogens with one attached hydrogen (secondary N) is 1. The summed E-state index contributed by atoms with van der Waals surface area (Å²) >= 11 is 0. The molecule has 2 aromatic heterocycles. The largest absolute Gasteiger partial charge is 0.469 e. The third kappa shape index (κ3) is 3.52. The highest BCUT2D eigenvalue weighted by Gasteiger charge is 2.04. The highest BCUT2D eigenvalue weighted by molar-refractivity contribution is 5.44. The molecule has 0 aliphatic carbocycles. The molecule has 0 amide bonds. The zero-order valence-electron chi connectivity index (χ0n) is 9.89. The average molecular weight is 231 g/mol. The molecule has 2 heterocycles. The van der Waals surface area contributed by atoms with Gasteiger partial charge in [-0.2, -0.15) is 0 Å². The summed E-state index contributed by atoms with van der Waals surface area (Å²) in [6.07, 6.45) is 5.28. The molecule has 0 saturated heterocycles. The SMILES string of the molecule is CC(CCc1ccco1)Nc1ccc(N)cn1. The Kier molecular flexibility index (Phi) is 3.65. The van der Waals surface area contributed by atoms with E-state index in [0.717, 1.165) is 24.4 Å². The Morgan fingerprint density at radius 3 is 2.94 bits per heavy atom. The van der Waals surface area contributed by atoms with Gasteiger partial charge in [-0.1, -0.05) is 0 Å². The van der Waals surface area contributed by atoms with Gasteiger partial charge in [0.1, 0.15) is 11.6 Å². The maximum Gasteiger partial charge on any atom is 0.126 e. The minimum Gasteiger partial charge on any atom is -0.469 e. The highest BCUT2D eigenvalue weighted by Crippen LogP contribution is 2.11. The second kappa shape index (κ2) is 5.39. The summed E-state index contributed by atoms with van der Waals surface area (Å²) in [6.45, 7) is 2.13. The van der Waals surface area contributed by atoms with E-state index in [0.29, 0.717) is 11.7 Å². The summed E-state index contributed by atoms with van der Waals surface area (Å²) < 4.78 is 5.29. The first-order valence-corrected chi connectivity index (χ1v) is 5.74. The number of aryl methyl sites for hydroxylation is 1. The number of hydrogen-bond donors (Lipinski definition) is 2. The van der Waals surface area contributed by atoms with Crippen molar-refractivity contribution in [3.63, 3.8) is 0 Å². The minimum atomic E-state index is 0.344. The van der Waals surface area contributed by atoms with Crippen LogP contribution in [0.25, 0.3) is 0 Å². The summed E-state index contributed by atoms with van der Waals surface area (Å²) in [5.41, 5.74) is 6.26. The molecule has 0 aliphatic heterocycles. The Hall–Kier alpha value is -1.97. The van der Waals surface area contributed by atoms with Gasteiger partial charge in [0.05, 0.1) is 18.1 Å². The molecule has 0 bridgehead atoms. The lowest BCUT2D eigenvalue weighted by Gasteiger charge is -2.13. The Morgan fingerprint density at radius 2 is 2.29 bits per heavy atom. The van der Waals surface area contributed by atoms with Crippen LogP contribution < -0.4 is 11.1 Å². The molecule has 90 valence electrons. The Labute approximate surface area is 101 Å². The van der Waals surface area contributed by atoms with Crippen LogP contribution in [0, 0.1) is 0 Å². The van der Waals surface area contributed by atoms with E-state index in [1.54, 1.807) is 12.5 Å². The number of anilines is 2. The van der Waals surface area contributed by atoms with Crippen molar-refractivity contribution in [2.24, 2.45) is 0 Å². The summed E-state index contributed by atoms with van der Waals surface area (Å²) in [7, 11) is 0. The maximum absolute atomic E-state index is 5.58. The molecule has 2 aromatic rings. The number of furan rings is 1. The van der Waals surface area contributed by atoms with E-state index in [1.165, 1.54) is 0 Å². The fourth-order valence-electron chi connectivity index (χ4n) is 1.63. The van der Waals surface area contributed by atoms with Crippen molar-refractivity contribution in [1.82, 2.24) is 4.98 Å². The van der Waals surface area contributed by atoms with Gasteiger partial charge in [0.2, 0.25) is 0 Å². The third-order valence-corrected chi connectivity index (χ3v) is 2.58. The van der Waals surface area contributed by atoms with Gasteiger partial charge in [-0.05, 0) is 37.6 Å². The van der Waals surface area contributed by atoms with Crippen molar-refractivity contribution in [1.29, 1.82) is 0 Å². The fraction of sp³-hybridized carbons (Fsp3) is 0.308. The molecule has 0 aromatic carbocycles. The number of nitrogens with two attached hydrogens (primary N) is 1. The molecule has 4 nitrogen and oxygen atoms in total. The van der Waals surface area contributed by atoms with Crippen LogP contribution in [-0.2, 0) is 6.42 Å². The van der Waals surface area contributed by atoms with Gasteiger partial charge in [0.15, 0.2) is 0 Å². The van der Waals surface area contributed by atoms with Gasteiger partial charge < -0.3 is 15.5 Å². The van der Waals surface area contributed by atoms with Crippen LogP contribution in [0.4, 0.5) is 11.5 Å². The molecule has 2 rings (SSSR count). The average Bonchev–Trinajstić information content (AvgIpc) is 2.83. The molecule has 4 heteroatoms. The van der Waals surface area contributed by atoms with Crippen LogP contribution in [0.5, 0.6) is 0 Å². The number of pyridine rings is 1. The molecule has 0 aliphatic rings. The first kappa shape index (κ1) is 11.5. The normalized spacial score (nSPS) is 12.3. The van der Waals surface area contributed by atoms with E-state index in [1.807, 2.05) is 24.3 Å². The van der Waals surface area contributed by atoms with Crippen LogP contribution in [-0.4, -0.2) is 11.0 Å². The predicted molar refractivity (Wildman–Crippen MR) is 68.8 cm³/mol. The molecule has 17 heavy (non-hydrogen) atoms. The van der Waals surface area contributed by atoms with E-state index >= 15 is 0 Å². The number of hydrogen-bond acceptors (Lipinski definition) is 4. The van der Waals surface area contributed by atoms with E-state index in [-0.39, 0.29) is 0 Å². The van der Waals surface area contributed by atoms with Crippen LogP contribution in [0.2, 0.25) is 0 Å². The number of rotatable bonds is 5. The number of nitrogens with zero attached hydrogens (tertiary/aromatic N) is 1. The van der Waals surface area contributed by atoms with Gasteiger partial charge >= 0.3 is 0 Å². The van der Waals surface area contributed by atoms with Gasteiger partial charge in [0, 0.05) is 12.5 Å². The summed E-state index contributed by atoms with van der Waals surface area (Å²) in [5.74, 6) is 1.87. The van der Waals surface area contributed by atoms with E-state index < -0.39 is 0 Å². The van der Waals surface area contributed by atoms with Gasteiger partial charge in [0.25, 0.3) is 0 Å². The quantitative estimate of drug-likeness (QED) is 0.830. The molecular weight excluding hydrogens is 214 g/mol. The van der Waals surface area contributed by atoms with Gasteiger partial charge in [-0.3, -0.25) is 0 Å². The highest BCUT2D eigenvalue weighted by atomic mass is 16.3. The van der Waals surface area contributed by atoms with E-state index in [2.05, 4.69) is 17.2 Å². The van der Waals surface area contributed by atoms with Crippen molar-refractivity contribution in [3.05, 3.63) is 42.5 Å². The monoisotopic (exact) mass is 231 g/mol. The van der Waals surface area contributed by atoms with Crippen LogP contribution in [0.15, 0.2) is 41.1 Å². The smallest absolute Gasteiger partial charge is 0.126 e. The molecule has 1 atom stereocenters. The van der Waals surface area contributed by atoms with Crippen molar-refractivity contribution in [2.75, 3.05) is 11.1 Å². The van der Waals surface area contributed by atoms with Crippen LogP contribution in [0.1, 0.15) is 19.1 Å². The first-order chi connectivity index (χ1) is 8.24. The fourth-order valence-corrected chi connectivity index (χ4v) is 1.63.